The highest BCUT2D eigenvalue weighted by molar-refractivity contribution is 7.94. The molecule has 0 saturated heterocycles. The first-order chi connectivity index (χ1) is 11.9. The van der Waals surface area contributed by atoms with Crippen LogP contribution in [-0.2, 0) is 19.6 Å². The molecule has 0 radical (unpaired) electrons. The van der Waals surface area contributed by atoms with Crippen molar-refractivity contribution < 1.29 is 27.5 Å². The van der Waals surface area contributed by atoms with Gasteiger partial charge >= 0.3 is 5.97 Å². The van der Waals surface area contributed by atoms with E-state index in [9.17, 15) is 18.0 Å². The van der Waals surface area contributed by atoms with Crippen LogP contribution in [0.3, 0.4) is 0 Å². The maximum atomic E-state index is 12.7. The topological polar surface area (TPSA) is 103 Å². The summed E-state index contributed by atoms with van der Waals surface area (Å²) in [5, 5.41) is 0. The second kappa shape index (κ2) is 5.55. The van der Waals surface area contributed by atoms with Crippen molar-refractivity contribution in [2.45, 2.75) is 19.3 Å². The summed E-state index contributed by atoms with van der Waals surface area (Å²) in [4.78, 5) is 28.8. The average molecular weight is 364 g/mol. The lowest BCUT2D eigenvalue weighted by Crippen LogP contribution is -2.36. The molecule has 0 N–H and O–H groups in total. The zero-order valence-electron chi connectivity index (χ0n) is 13.5. The molecule has 4 rings (SSSR count). The van der Waals surface area contributed by atoms with Gasteiger partial charge in [0.2, 0.25) is 5.88 Å². The summed E-state index contributed by atoms with van der Waals surface area (Å²) in [6.07, 6.45) is 3.75. The zero-order valence-corrected chi connectivity index (χ0v) is 14.3. The Morgan fingerprint density at radius 2 is 2.12 bits per heavy atom. The number of nitrogens with zero attached hydrogens (tertiary/aromatic N) is 2. The SMILES string of the molecule is COc1cc(C(=O)OCN2C(=O)C3=C(C4CCC3C4)S2(=O)=O)ccn1. The molecule has 1 aromatic rings. The first kappa shape index (κ1) is 16.1. The Labute approximate surface area is 144 Å². The maximum absolute atomic E-state index is 12.7. The quantitative estimate of drug-likeness (QED) is 0.736. The predicted octanol–water partition coefficient (Wildman–Crippen LogP) is 1.06. The molecule has 2 atom stereocenters. The molecule has 3 aliphatic rings. The van der Waals surface area contributed by atoms with Crippen LogP contribution in [0.15, 0.2) is 28.8 Å². The van der Waals surface area contributed by atoms with E-state index in [1.165, 1.54) is 25.4 Å². The van der Waals surface area contributed by atoms with E-state index in [0.717, 1.165) is 19.3 Å². The fraction of sp³-hybridized carbons (Fsp3) is 0.438. The molecule has 0 spiro atoms. The van der Waals surface area contributed by atoms with E-state index in [1.54, 1.807) is 0 Å². The Morgan fingerprint density at radius 3 is 2.84 bits per heavy atom. The minimum atomic E-state index is -3.89. The summed E-state index contributed by atoms with van der Waals surface area (Å²) in [6, 6.07) is 2.80. The Bertz CT molecular complexity index is 907. The summed E-state index contributed by atoms with van der Waals surface area (Å²) in [7, 11) is -2.48. The Morgan fingerprint density at radius 1 is 1.36 bits per heavy atom. The van der Waals surface area contributed by atoms with Gasteiger partial charge < -0.3 is 9.47 Å². The number of carbonyl (C=O) groups excluding carboxylic acids is 2. The third-order valence-electron chi connectivity index (χ3n) is 4.99. The van der Waals surface area contributed by atoms with Gasteiger partial charge in [0.1, 0.15) is 0 Å². The minimum Gasteiger partial charge on any atom is -0.481 e. The third-order valence-corrected chi connectivity index (χ3v) is 6.96. The van der Waals surface area contributed by atoms with Crippen molar-refractivity contribution in [3.05, 3.63) is 34.4 Å². The first-order valence-corrected chi connectivity index (χ1v) is 9.35. The largest absolute Gasteiger partial charge is 0.481 e. The number of amides is 1. The molecular formula is C16H16N2O6S. The number of fused-ring (bicyclic) bond motifs is 4. The molecular weight excluding hydrogens is 348 g/mol. The number of pyridine rings is 1. The van der Waals surface area contributed by atoms with E-state index in [0.29, 0.717) is 9.88 Å². The molecule has 2 unspecified atom stereocenters. The standard InChI is InChI=1S/C16H16N2O6S/c1-23-12-7-11(4-5-17-12)16(20)24-8-18-15(19)13-9-2-3-10(6-9)14(13)25(18,21)22/h4-5,7,9-10H,2-3,6,8H2,1H3. The van der Waals surface area contributed by atoms with Gasteiger partial charge in [0.25, 0.3) is 15.9 Å². The number of sulfonamides is 1. The average Bonchev–Trinajstić information content (AvgIpc) is 3.27. The van der Waals surface area contributed by atoms with E-state index >= 15 is 0 Å². The predicted molar refractivity (Wildman–Crippen MR) is 84.7 cm³/mol. The smallest absolute Gasteiger partial charge is 0.340 e. The Hall–Kier alpha value is -2.42. The van der Waals surface area contributed by atoms with Crippen LogP contribution in [0.1, 0.15) is 29.6 Å². The normalized spacial score (nSPS) is 26.1. The van der Waals surface area contributed by atoms with Crippen LogP contribution < -0.4 is 4.74 Å². The van der Waals surface area contributed by atoms with E-state index in [1.807, 2.05) is 0 Å². The van der Waals surface area contributed by atoms with Crippen LogP contribution in [0, 0.1) is 11.8 Å². The fourth-order valence-corrected chi connectivity index (χ4v) is 5.78. The minimum absolute atomic E-state index is 0.0208. The van der Waals surface area contributed by atoms with Crippen molar-refractivity contribution in [1.82, 2.24) is 9.29 Å². The molecule has 0 aromatic carbocycles. The second-order valence-electron chi connectivity index (χ2n) is 6.29. The Balaban J connectivity index is 1.51. The van der Waals surface area contributed by atoms with Crippen molar-refractivity contribution in [1.29, 1.82) is 0 Å². The van der Waals surface area contributed by atoms with E-state index in [4.69, 9.17) is 9.47 Å². The summed E-state index contributed by atoms with van der Waals surface area (Å²) in [6.45, 7) is -0.628. The third kappa shape index (κ3) is 2.33. The van der Waals surface area contributed by atoms with E-state index in [2.05, 4.69) is 4.98 Å². The van der Waals surface area contributed by atoms with Crippen molar-refractivity contribution in [3.8, 4) is 5.88 Å². The number of hydrogen-bond acceptors (Lipinski definition) is 7. The lowest BCUT2D eigenvalue weighted by molar-refractivity contribution is -0.125. The maximum Gasteiger partial charge on any atom is 0.340 e. The Kier molecular flexibility index (Phi) is 3.57. The van der Waals surface area contributed by atoms with Gasteiger partial charge in [-0.15, -0.1) is 0 Å². The van der Waals surface area contributed by atoms with Crippen LogP contribution in [0.25, 0.3) is 0 Å². The van der Waals surface area contributed by atoms with Gasteiger partial charge in [0.15, 0.2) is 6.73 Å². The number of hydrogen-bond donors (Lipinski definition) is 0. The van der Waals surface area contributed by atoms with Crippen molar-refractivity contribution >= 4 is 21.9 Å². The number of methoxy groups -OCH3 is 1. The van der Waals surface area contributed by atoms with Crippen LogP contribution in [0.2, 0.25) is 0 Å². The number of allylic oxidation sites excluding steroid dienone is 1. The molecule has 1 amide bonds. The highest BCUT2D eigenvalue weighted by Crippen LogP contribution is 2.54. The van der Waals surface area contributed by atoms with Crippen LogP contribution in [-0.4, -0.2) is 43.4 Å². The summed E-state index contributed by atoms with van der Waals surface area (Å²) < 4.78 is 35.9. The molecule has 1 aliphatic heterocycles. The lowest BCUT2D eigenvalue weighted by Gasteiger charge is -2.19. The van der Waals surface area contributed by atoms with E-state index < -0.39 is 28.6 Å². The molecule has 1 aromatic heterocycles. The van der Waals surface area contributed by atoms with Crippen molar-refractivity contribution in [2.24, 2.45) is 11.8 Å². The molecule has 2 bridgehead atoms. The number of rotatable bonds is 4. The number of aromatic nitrogens is 1. The van der Waals surface area contributed by atoms with E-state index in [-0.39, 0.29) is 28.2 Å². The summed E-state index contributed by atoms with van der Waals surface area (Å²) in [5.41, 5.74) is 0.564. The lowest BCUT2D eigenvalue weighted by atomic mass is 9.98. The monoisotopic (exact) mass is 364 g/mol. The highest BCUT2D eigenvalue weighted by atomic mass is 32.2. The molecule has 25 heavy (non-hydrogen) atoms. The van der Waals surface area contributed by atoms with Gasteiger partial charge in [-0.2, -0.15) is 4.31 Å². The van der Waals surface area contributed by atoms with Crippen LogP contribution >= 0.6 is 0 Å². The highest BCUT2D eigenvalue weighted by Gasteiger charge is 2.55. The summed E-state index contributed by atoms with van der Waals surface area (Å²) in [5.74, 6) is -1.12. The van der Waals surface area contributed by atoms with Gasteiger partial charge in [-0.05, 0) is 37.2 Å². The van der Waals surface area contributed by atoms with Crippen LogP contribution in [0.5, 0.6) is 5.88 Å². The number of esters is 1. The molecule has 2 heterocycles. The van der Waals surface area contributed by atoms with Crippen molar-refractivity contribution in [3.63, 3.8) is 0 Å². The number of carbonyl (C=O) groups is 2. The van der Waals surface area contributed by atoms with Gasteiger partial charge in [0.05, 0.1) is 17.6 Å². The molecule has 8 nitrogen and oxygen atoms in total. The second-order valence-corrected chi connectivity index (χ2v) is 8.12. The van der Waals surface area contributed by atoms with Gasteiger partial charge in [-0.1, -0.05) is 0 Å². The summed E-state index contributed by atoms with van der Waals surface area (Å²) >= 11 is 0. The van der Waals surface area contributed by atoms with Gasteiger partial charge in [-0.3, -0.25) is 4.79 Å². The molecule has 132 valence electrons. The van der Waals surface area contributed by atoms with Crippen LogP contribution in [0.4, 0.5) is 0 Å². The van der Waals surface area contributed by atoms with Crippen molar-refractivity contribution in [2.75, 3.05) is 13.8 Å². The van der Waals surface area contributed by atoms with Gasteiger partial charge in [0, 0.05) is 17.8 Å². The molecule has 9 heteroatoms. The molecule has 2 aliphatic carbocycles. The van der Waals surface area contributed by atoms with Gasteiger partial charge in [-0.25, -0.2) is 18.2 Å². The zero-order chi connectivity index (χ0) is 17.8. The first-order valence-electron chi connectivity index (χ1n) is 7.91. The number of ether oxygens (including phenoxy) is 2. The molecule has 1 saturated carbocycles. The molecule has 1 fully saturated rings. The fourth-order valence-electron chi connectivity index (χ4n) is 3.87.